The van der Waals surface area contributed by atoms with Gasteiger partial charge in [-0.1, -0.05) is 68.7 Å². The lowest BCUT2D eigenvalue weighted by Gasteiger charge is -2.13. The third-order valence-corrected chi connectivity index (χ3v) is 5.26. The fraction of sp³-hybridized carbons (Fsp3) is 0.500. The Balaban J connectivity index is 2.07. The van der Waals surface area contributed by atoms with E-state index in [0.717, 1.165) is 51.4 Å². The summed E-state index contributed by atoms with van der Waals surface area (Å²) in [5, 5.41) is 9.50. The number of rotatable bonds is 17. The summed E-state index contributed by atoms with van der Waals surface area (Å²) in [6.07, 6.45) is 22.5. The molecule has 7 nitrogen and oxygen atoms in total. The first-order valence-corrected chi connectivity index (χ1v) is 12.5. The van der Waals surface area contributed by atoms with Crippen LogP contribution >= 0.6 is 0 Å². The van der Waals surface area contributed by atoms with Crippen LogP contribution in [0.3, 0.4) is 0 Å². The molecule has 1 aromatic carbocycles. The van der Waals surface area contributed by atoms with Gasteiger partial charge >= 0.3 is 11.9 Å². The van der Waals surface area contributed by atoms with Crippen LogP contribution in [0.5, 0.6) is 11.5 Å². The Morgan fingerprint density at radius 1 is 0.943 bits per heavy atom. The average molecular weight is 488 g/mol. The van der Waals surface area contributed by atoms with Crippen LogP contribution in [0, 0.1) is 0 Å². The maximum Gasteiger partial charge on any atom is 0.372 e. The number of hydrogen-bond acceptors (Lipinski definition) is 7. The Morgan fingerprint density at radius 2 is 1.60 bits per heavy atom. The molecule has 1 unspecified atom stereocenters. The zero-order chi connectivity index (χ0) is 25.7. The Hall–Kier alpha value is -3.06. The number of carbonyl (C=O) groups is 2. The van der Waals surface area contributed by atoms with Crippen LogP contribution in [-0.4, -0.2) is 30.2 Å². The van der Waals surface area contributed by atoms with Gasteiger partial charge in [0.1, 0.15) is 17.5 Å². The molecule has 0 saturated carbocycles. The highest BCUT2D eigenvalue weighted by Gasteiger charge is 2.21. The molecule has 0 spiro atoms. The van der Waals surface area contributed by atoms with Gasteiger partial charge in [0.2, 0.25) is 0 Å². The largest absolute Gasteiger partial charge is 0.508 e. The number of methoxy groups -OCH3 is 1. The van der Waals surface area contributed by atoms with Gasteiger partial charge in [0.15, 0.2) is 0 Å². The molecule has 1 aromatic rings. The Morgan fingerprint density at radius 3 is 2.31 bits per heavy atom. The summed E-state index contributed by atoms with van der Waals surface area (Å²) in [6.45, 7) is 2.13. The molecule has 194 valence electrons. The summed E-state index contributed by atoms with van der Waals surface area (Å²) in [4.78, 5) is 33.0. The Labute approximate surface area is 209 Å². The second-order valence-corrected chi connectivity index (χ2v) is 8.26. The highest BCUT2D eigenvalue weighted by atomic mass is 17.2. The van der Waals surface area contributed by atoms with Crippen molar-refractivity contribution in [3.05, 3.63) is 60.2 Å². The van der Waals surface area contributed by atoms with Crippen LogP contribution in [0.1, 0.15) is 76.7 Å². The minimum absolute atomic E-state index is 0.0437. The van der Waals surface area contributed by atoms with Gasteiger partial charge in [-0.25, -0.2) is 19.4 Å². The van der Waals surface area contributed by atoms with Crippen molar-refractivity contribution in [1.82, 2.24) is 0 Å². The smallest absolute Gasteiger partial charge is 0.372 e. The maximum atomic E-state index is 12.0. The first-order chi connectivity index (χ1) is 17.0. The van der Waals surface area contributed by atoms with Crippen LogP contribution in [-0.2, 0) is 25.8 Å². The first-order valence-electron chi connectivity index (χ1n) is 12.5. The van der Waals surface area contributed by atoms with Gasteiger partial charge < -0.3 is 15.6 Å². The van der Waals surface area contributed by atoms with Crippen molar-refractivity contribution in [3.63, 3.8) is 0 Å². The molecule has 0 aliphatic rings. The molecular formula is C28H41NO6. The van der Waals surface area contributed by atoms with Gasteiger partial charge in [-0.3, -0.25) is 0 Å². The topological polar surface area (TPSA) is 108 Å². The average Bonchev–Trinajstić information content (AvgIpc) is 2.85. The van der Waals surface area contributed by atoms with Gasteiger partial charge in [0, 0.05) is 12.5 Å². The molecule has 3 N–H and O–H groups in total. The number of ether oxygens (including phenoxy) is 1. The maximum absolute atomic E-state index is 12.0. The first kappa shape index (κ1) is 30.0. The van der Waals surface area contributed by atoms with E-state index < -0.39 is 18.0 Å². The predicted octanol–water partition coefficient (Wildman–Crippen LogP) is 5.86. The highest BCUT2D eigenvalue weighted by molar-refractivity contribution is 5.77. The fourth-order valence-electron chi connectivity index (χ4n) is 3.30. The summed E-state index contributed by atoms with van der Waals surface area (Å²) in [5.41, 5.74) is 6.47. The zero-order valence-electron chi connectivity index (χ0n) is 21.1. The van der Waals surface area contributed by atoms with Crippen LogP contribution in [0.4, 0.5) is 0 Å². The lowest BCUT2D eigenvalue weighted by atomic mass is 10.1. The summed E-state index contributed by atoms with van der Waals surface area (Å²) < 4.78 is 5.16. The molecule has 1 rings (SSSR count). The molecule has 7 heteroatoms. The van der Waals surface area contributed by atoms with E-state index in [4.69, 9.17) is 10.5 Å². The van der Waals surface area contributed by atoms with Gasteiger partial charge in [0.25, 0.3) is 0 Å². The Bertz CT molecular complexity index is 831. The van der Waals surface area contributed by atoms with Crippen LogP contribution in [0.2, 0.25) is 0 Å². The standard InChI is InChI=1S/C28H41NO6/c1-3-4-5-6-7-8-9-10-11-12-13-14-15-16-17-18-27(31)34-35-28(32)25(29)21-23-19-20-24(30)22-26(23)33-2/h4-5,7-8,10-11,19-20,22,25,30H,3,6,9,12-18,21,29H2,1-2H3/b5-4-,8-7-,11-10-. The van der Waals surface area contributed by atoms with Crippen LogP contribution < -0.4 is 10.5 Å². The van der Waals surface area contributed by atoms with Crippen molar-refractivity contribution in [2.75, 3.05) is 7.11 Å². The van der Waals surface area contributed by atoms with Crippen LogP contribution in [0.25, 0.3) is 0 Å². The number of unbranched alkanes of at least 4 members (excludes halogenated alkanes) is 5. The van der Waals surface area contributed by atoms with Crippen molar-refractivity contribution < 1.29 is 29.2 Å². The molecule has 0 aromatic heterocycles. The SMILES string of the molecule is CC/C=C\C/C=C\C/C=C\CCCCCCCC(=O)OOC(=O)C(N)Cc1ccc(O)cc1OC. The lowest BCUT2D eigenvalue weighted by molar-refractivity contribution is -0.260. The Kier molecular flexibility index (Phi) is 16.5. The predicted molar refractivity (Wildman–Crippen MR) is 138 cm³/mol. The van der Waals surface area contributed by atoms with Crippen molar-refractivity contribution in [2.45, 2.75) is 83.6 Å². The van der Waals surface area contributed by atoms with E-state index in [9.17, 15) is 14.7 Å². The summed E-state index contributed by atoms with van der Waals surface area (Å²) >= 11 is 0. The molecule has 35 heavy (non-hydrogen) atoms. The van der Waals surface area contributed by atoms with Crippen molar-refractivity contribution in [1.29, 1.82) is 0 Å². The zero-order valence-corrected chi connectivity index (χ0v) is 21.1. The minimum Gasteiger partial charge on any atom is -0.508 e. The van der Waals surface area contributed by atoms with E-state index in [2.05, 4.69) is 53.2 Å². The normalized spacial score (nSPS) is 12.4. The lowest BCUT2D eigenvalue weighted by Crippen LogP contribution is -2.35. The van der Waals surface area contributed by atoms with E-state index in [0.29, 0.717) is 17.7 Å². The van der Waals surface area contributed by atoms with Crippen LogP contribution in [0.15, 0.2) is 54.7 Å². The summed E-state index contributed by atoms with van der Waals surface area (Å²) in [5.74, 6) is -0.981. The van der Waals surface area contributed by atoms with Crippen molar-refractivity contribution in [3.8, 4) is 11.5 Å². The van der Waals surface area contributed by atoms with E-state index >= 15 is 0 Å². The number of allylic oxidation sites excluding steroid dienone is 6. The fourth-order valence-corrected chi connectivity index (χ4v) is 3.30. The number of aromatic hydroxyl groups is 1. The molecule has 0 aliphatic heterocycles. The molecule has 0 heterocycles. The quantitative estimate of drug-likeness (QED) is 0.123. The number of carbonyl (C=O) groups excluding carboxylic acids is 2. The molecule has 0 amide bonds. The van der Waals surface area contributed by atoms with Gasteiger partial charge in [-0.2, -0.15) is 0 Å². The number of nitrogens with two attached hydrogens (primary N) is 1. The van der Waals surface area contributed by atoms with Gasteiger partial charge in [0.05, 0.1) is 13.5 Å². The summed E-state index contributed by atoms with van der Waals surface area (Å²) in [6, 6.07) is 3.47. The van der Waals surface area contributed by atoms with E-state index in [1.165, 1.54) is 19.2 Å². The summed E-state index contributed by atoms with van der Waals surface area (Å²) in [7, 11) is 1.45. The van der Waals surface area contributed by atoms with Gasteiger partial charge in [-0.15, -0.1) is 0 Å². The number of phenols is 1. The third kappa shape index (κ3) is 14.7. The second kappa shape index (κ2) is 19.3. The highest BCUT2D eigenvalue weighted by Crippen LogP contribution is 2.24. The molecule has 0 fully saturated rings. The van der Waals surface area contributed by atoms with Crippen molar-refractivity contribution in [2.24, 2.45) is 5.73 Å². The van der Waals surface area contributed by atoms with E-state index in [1.54, 1.807) is 6.07 Å². The second-order valence-electron chi connectivity index (χ2n) is 8.26. The van der Waals surface area contributed by atoms with Crippen molar-refractivity contribution >= 4 is 11.9 Å². The monoisotopic (exact) mass is 487 g/mol. The molecule has 0 bridgehead atoms. The number of benzene rings is 1. The molecular weight excluding hydrogens is 446 g/mol. The van der Waals surface area contributed by atoms with Gasteiger partial charge in [-0.05, 0) is 50.2 Å². The molecule has 0 saturated heterocycles. The minimum atomic E-state index is -1.03. The number of phenolic OH excluding ortho intramolecular Hbond substituents is 1. The third-order valence-electron chi connectivity index (χ3n) is 5.26. The van der Waals surface area contributed by atoms with E-state index in [1.807, 2.05) is 0 Å². The molecule has 0 radical (unpaired) electrons. The van der Waals surface area contributed by atoms with E-state index in [-0.39, 0.29) is 18.6 Å². The number of hydrogen-bond donors (Lipinski definition) is 2. The molecule has 1 atom stereocenters. The molecule has 0 aliphatic carbocycles.